The number of hydrogen-bond donors (Lipinski definition) is 1. The summed E-state index contributed by atoms with van der Waals surface area (Å²) in [5.41, 5.74) is 2.43. The first-order valence-corrected chi connectivity index (χ1v) is 5.97. The Morgan fingerprint density at radius 3 is 2.71 bits per heavy atom. The van der Waals surface area contributed by atoms with E-state index >= 15 is 0 Å². The molecule has 3 aromatic rings. The van der Waals surface area contributed by atoms with E-state index in [1.54, 1.807) is 0 Å². The first-order chi connectivity index (χ1) is 8.24. The molecule has 2 heterocycles. The van der Waals surface area contributed by atoms with E-state index < -0.39 is 0 Å². The van der Waals surface area contributed by atoms with Crippen molar-refractivity contribution >= 4 is 21.7 Å². The van der Waals surface area contributed by atoms with E-state index in [0.717, 1.165) is 10.6 Å². The third-order valence-electron chi connectivity index (χ3n) is 2.50. The van der Waals surface area contributed by atoms with Crippen molar-refractivity contribution in [3.63, 3.8) is 0 Å². The number of aryl methyl sites for hydroxylation is 1. The van der Waals surface area contributed by atoms with Crippen molar-refractivity contribution < 1.29 is 0 Å². The lowest BCUT2D eigenvalue weighted by molar-refractivity contribution is 1.17. The Morgan fingerprint density at radius 1 is 1.24 bits per heavy atom. The van der Waals surface area contributed by atoms with Gasteiger partial charge in [0.15, 0.2) is 10.3 Å². The highest BCUT2D eigenvalue weighted by atomic mass is 32.1. The Hall–Kier alpha value is -2.01. The summed E-state index contributed by atoms with van der Waals surface area (Å²) in [6.45, 7) is 2.04. The zero-order valence-corrected chi connectivity index (χ0v) is 9.91. The van der Waals surface area contributed by atoms with Crippen LogP contribution in [0.2, 0.25) is 0 Å². The van der Waals surface area contributed by atoms with Crippen molar-refractivity contribution in [2.24, 2.45) is 0 Å². The van der Waals surface area contributed by atoms with E-state index in [0.29, 0.717) is 10.3 Å². The first-order valence-electron chi connectivity index (χ1n) is 5.15. The van der Waals surface area contributed by atoms with Gasteiger partial charge in [0.1, 0.15) is 5.01 Å². The van der Waals surface area contributed by atoms with Crippen LogP contribution in [0.1, 0.15) is 5.56 Å². The van der Waals surface area contributed by atoms with Gasteiger partial charge in [0, 0.05) is 5.56 Å². The Labute approximate surface area is 101 Å². The summed E-state index contributed by atoms with van der Waals surface area (Å²) in [7, 11) is 0. The maximum absolute atomic E-state index is 11.5. The summed E-state index contributed by atoms with van der Waals surface area (Å²) in [5, 5.41) is 0.823. The van der Waals surface area contributed by atoms with Crippen LogP contribution >= 0.6 is 11.3 Å². The molecule has 1 aromatic carbocycles. The molecular formula is C12H9N3OS. The van der Waals surface area contributed by atoms with Gasteiger partial charge >= 0.3 is 0 Å². The molecule has 0 aliphatic heterocycles. The van der Waals surface area contributed by atoms with Crippen LogP contribution in [0.15, 0.2) is 35.4 Å². The molecule has 3 rings (SSSR count). The summed E-state index contributed by atoms with van der Waals surface area (Å²) in [5.74, 6) is 0. The zero-order valence-electron chi connectivity index (χ0n) is 9.10. The highest BCUT2D eigenvalue weighted by molar-refractivity contribution is 7.21. The number of fused-ring (bicyclic) bond motifs is 1. The van der Waals surface area contributed by atoms with Crippen molar-refractivity contribution in [3.05, 3.63) is 46.5 Å². The Balaban J connectivity index is 2.21. The van der Waals surface area contributed by atoms with Crippen LogP contribution in [0.3, 0.4) is 0 Å². The van der Waals surface area contributed by atoms with Gasteiger partial charge in [0.25, 0.3) is 5.56 Å². The highest BCUT2D eigenvalue weighted by Crippen LogP contribution is 2.27. The molecule has 0 aliphatic rings. The molecule has 0 fully saturated rings. The largest absolute Gasteiger partial charge is 0.311 e. The lowest BCUT2D eigenvalue weighted by Crippen LogP contribution is -2.05. The Morgan fingerprint density at radius 2 is 2.00 bits per heavy atom. The van der Waals surface area contributed by atoms with E-state index in [-0.39, 0.29) is 5.56 Å². The van der Waals surface area contributed by atoms with Gasteiger partial charge in [-0.1, -0.05) is 41.2 Å². The number of H-pyrrole nitrogens is 1. The molecule has 1 N–H and O–H groups in total. The quantitative estimate of drug-likeness (QED) is 0.713. The fraction of sp³-hybridized carbons (Fsp3) is 0.0833. The predicted octanol–water partition coefficient (Wildman–Crippen LogP) is 2.36. The topological polar surface area (TPSA) is 58.6 Å². The Bertz CT molecular complexity index is 727. The molecule has 0 spiro atoms. The van der Waals surface area contributed by atoms with Crippen molar-refractivity contribution in [1.29, 1.82) is 0 Å². The van der Waals surface area contributed by atoms with Crippen LogP contribution in [-0.4, -0.2) is 15.0 Å². The van der Waals surface area contributed by atoms with E-state index in [1.165, 1.54) is 23.2 Å². The number of nitrogens with one attached hydrogen (secondary N) is 1. The third kappa shape index (κ3) is 1.74. The second-order valence-corrected chi connectivity index (χ2v) is 4.75. The van der Waals surface area contributed by atoms with Crippen LogP contribution < -0.4 is 5.56 Å². The van der Waals surface area contributed by atoms with Gasteiger partial charge < -0.3 is 4.98 Å². The van der Waals surface area contributed by atoms with Gasteiger partial charge in [-0.2, -0.15) is 0 Å². The van der Waals surface area contributed by atoms with Gasteiger partial charge in [-0.25, -0.2) is 9.97 Å². The number of aromatic amines is 1. The molecule has 5 heteroatoms. The molecule has 0 unspecified atom stereocenters. The minimum Gasteiger partial charge on any atom is -0.311 e. The molecule has 0 atom stereocenters. The Kier molecular flexibility index (Phi) is 2.26. The highest BCUT2D eigenvalue weighted by Gasteiger charge is 2.09. The number of aromatic nitrogens is 3. The van der Waals surface area contributed by atoms with Crippen LogP contribution in [0.25, 0.3) is 20.9 Å². The number of nitrogens with zero attached hydrogens (tertiary/aromatic N) is 2. The number of benzene rings is 1. The molecule has 0 aliphatic carbocycles. The summed E-state index contributed by atoms with van der Waals surface area (Å²) < 4.78 is 0. The molecule has 0 bridgehead atoms. The standard InChI is InChI=1S/C12H9N3OS/c1-7-2-4-8(5-3-7)11-15-9-10(16)13-6-14-12(9)17-11/h2-6H,1H3,(H,13,14,16). The normalized spacial score (nSPS) is 10.9. The average molecular weight is 243 g/mol. The van der Waals surface area contributed by atoms with Crippen molar-refractivity contribution in [2.45, 2.75) is 6.92 Å². The van der Waals surface area contributed by atoms with Crippen molar-refractivity contribution in [2.75, 3.05) is 0 Å². The molecule has 0 saturated carbocycles. The molecule has 2 aromatic heterocycles. The van der Waals surface area contributed by atoms with Crippen molar-refractivity contribution in [1.82, 2.24) is 15.0 Å². The number of hydrogen-bond acceptors (Lipinski definition) is 4. The molecule has 84 valence electrons. The monoisotopic (exact) mass is 243 g/mol. The molecular weight excluding hydrogens is 234 g/mol. The molecule has 0 radical (unpaired) electrons. The van der Waals surface area contributed by atoms with Crippen molar-refractivity contribution in [3.8, 4) is 10.6 Å². The maximum atomic E-state index is 11.5. The fourth-order valence-electron chi connectivity index (χ4n) is 1.58. The van der Waals surface area contributed by atoms with Gasteiger partial charge in [0.2, 0.25) is 0 Å². The summed E-state index contributed by atoms with van der Waals surface area (Å²) in [6, 6.07) is 8.06. The molecule has 0 saturated heterocycles. The average Bonchev–Trinajstić information content (AvgIpc) is 2.75. The fourth-order valence-corrected chi connectivity index (χ4v) is 2.50. The first kappa shape index (κ1) is 10.2. The second-order valence-electron chi connectivity index (χ2n) is 3.77. The minimum absolute atomic E-state index is 0.190. The maximum Gasteiger partial charge on any atom is 0.278 e. The van der Waals surface area contributed by atoms with Crippen LogP contribution in [-0.2, 0) is 0 Å². The van der Waals surface area contributed by atoms with Gasteiger partial charge in [-0.05, 0) is 6.92 Å². The summed E-state index contributed by atoms with van der Waals surface area (Å²) in [4.78, 5) is 23.2. The van der Waals surface area contributed by atoms with E-state index in [4.69, 9.17) is 0 Å². The number of thiazole rings is 1. The van der Waals surface area contributed by atoms with E-state index in [1.807, 2.05) is 31.2 Å². The minimum atomic E-state index is -0.190. The zero-order chi connectivity index (χ0) is 11.8. The van der Waals surface area contributed by atoms with Gasteiger partial charge in [-0.15, -0.1) is 0 Å². The third-order valence-corrected chi connectivity index (χ3v) is 3.51. The predicted molar refractivity (Wildman–Crippen MR) is 68.2 cm³/mol. The van der Waals surface area contributed by atoms with Gasteiger partial charge in [0.05, 0.1) is 6.33 Å². The van der Waals surface area contributed by atoms with E-state index in [2.05, 4.69) is 15.0 Å². The summed E-state index contributed by atoms with van der Waals surface area (Å²) >= 11 is 1.43. The second kappa shape index (κ2) is 3.78. The van der Waals surface area contributed by atoms with Crippen LogP contribution in [0.5, 0.6) is 0 Å². The van der Waals surface area contributed by atoms with E-state index in [9.17, 15) is 4.79 Å². The molecule has 0 amide bonds. The lowest BCUT2D eigenvalue weighted by Gasteiger charge is -1.95. The molecule has 17 heavy (non-hydrogen) atoms. The van der Waals surface area contributed by atoms with Crippen LogP contribution in [0, 0.1) is 6.92 Å². The summed E-state index contributed by atoms with van der Waals surface area (Å²) in [6.07, 6.45) is 1.40. The lowest BCUT2D eigenvalue weighted by atomic mass is 10.2. The SMILES string of the molecule is Cc1ccc(-c2nc3c(=O)[nH]cnc3s2)cc1. The van der Waals surface area contributed by atoms with Gasteiger partial charge in [-0.3, -0.25) is 4.79 Å². The molecule has 4 nitrogen and oxygen atoms in total. The van der Waals surface area contributed by atoms with Crippen LogP contribution in [0.4, 0.5) is 0 Å². The number of rotatable bonds is 1. The smallest absolute Gasteiger partial charge is 0.278 e.